The number of aliphatic imine (C=N–C) groups is 1. The molecule has 1 aliphatic carbocycles. The van der Waals surface area contributed by atoms with Crippen molar-refractivity contribution in [1.29, 1.82) is 0 Å². The first-order chi connectivity index (χ1) is 8.08. The predicted molar refractivity (Wildman–Crippen MR) is 87.5 cm³/mol. The van der Waals surface area contributed by atoms with Crippen LogP contribution >= 0.6 is 24.0 Å². The molecule has 3 N–H and O–H groups in total. The maximum Gasteiger partial charge on any atom is 0.188 e. The Morgan fingerprint density at radius 2 is 2.11 bits per heavy atom. The molecule has 0 aromatic heterocycles. The summed E-state index contributed by atoms with van der Waals surface area (Å²) in [6.45, 7) is 9.74. The summed E-state index contributed by atoms with van der Waals surface area (Å²) in [4.78, 5) is 4.44. The average Bonchev–Trinajstić information content (AvgIpc) is 3.05. The lowest BCUT2D eigenvalue weighted by atomic mass is 10.0. The van der Waals surface area contributed by atoms with Crippen molar-refractivity contribution < 1.29 is 4.74 Å². The first-order valence-electron chi connectivity index (χ1n) is 6.69. The van der Waals surface area contributed by atoms with Crippen molar-refractivity contribution >= 4 is 29.9 Å². The fourth-order valence-corrected chi connectivity index (χ4v) is 1.71. The molecule has 0 aromatic carbocycles. The van der Waals surface area contributed by atoms with Gasteiger partial charge in [0.2, 0.25) is 0 Å². The molecule has 0 atom stereocenters. The van der Waals surface area contributed by atoms with E-state index in [9.17, 15) is 0 Å². The predicted octanol–water partition coefficient (Wildman–Crippen LogP) is 2.37. The summed E-state index contributed by atoms with van der Waals surface area (Å²) in [5.74, 6) is 1.18. The third-order valence-corrected chi connectivity index (χ3v) is 3.21. The summed E-state index contributed by atoms with van der Waals surface area (Å²) in [5, 5.41) is 3.15. The minimum atomic E-state index is 0. The monoisotopic (exact) mass is 369 g/mol. The molecule has 0 bridgehead atoms. The van der Waals surface area contributed by atoms with Crippen molar-refractivity contribution in [3.05, 3.63) is 0 Å². The molecular formula is C13H28IN3O. The van der Waals surface area contributed by atoms with Crippen molar-refractivity contribution in [3.8, 4) is 0 Å². The minimum Gasteiger partial charge on any atom is -0.382 e. The number of rotatable bonds is 8. The van der Waals surface area contributed by atoms with Gasteiger partial charge in [-0.05, 0) is 37.5 Å². The minimum absolute atomic E-state index is 0. The third-order valence-electron chi connectivity index (χ3n) is 3.21. The van der Waals surface area contributed by atoms with Gasteiger partial charge in [0.1, 0.15) is 0 Å². The second-order valence-corrected chi connectivity index (χ2v) is 5.42. The van der Waals surface area contributed by atoms with E-state index in [2.05, 4.69) is 24.2 Å². The summed E-state index contributed by atoms with van der Waals surface area (Å²) in [5.41, 5.74) is 6.21. The maximum absolute atomic E-state index is 5.82. The molecule has 0 amide bonds. The van der Waals surface area contributed by atoms with Gasteiger partial charge in [0.15, 0.2) is 5.96 Å². The summed E-state index contributed by atoms with van der Waals surface area (Å²) in [6.07, 6.45) is 3.64. The van der Waals surface area contributed by atoms with Gasteiger partial charge < -0.3 is 15.8 Å². The Morgan fingerprint density at radius 3 is 2.61 bits per heavy atom. The van der Waals surface area contributed by atoms with E-state index in [0.717, 1.165) is 32.7 Å². The molecule has 0 unspecified atom stereocenters. The number of ether oxygens (including phenoxy) is 1. The van der Waals surface area contributed by atoms with Crippen LogP contribution < -0.4 is 11.1 Å². The van der Waals surface area contributed by atoms with E-state index in [1.54, 1.807) is 0 Å². The SMILES string of the molecule is CCOCCC1(CN=C(N)NCC(C)C)CC1.I. The Balaban J connectivity index is 0.00000289. The molecule has 0 spiro atoms. The topological polar surface area (TPSA) is 59.6 Å². The number of nitrogens with two attached hydrogens (primary N) is 1. The molecule has 5 heteroatoms. The van der Waals surface area contributed by atoms with Gasteiger partial charge in [-0.3, -0.25) is 4.99 Å². The molecule has 4 nitrogen and oxygen atoms in total. The Labute approximate surface area is 128 Å². The Bertz CT molecular complexity index is 253. The normalized spacial score (nSPS) is 17.4. The van der Waals surface area contributed by atoms with Crippen LogP contribution in [-0.4, -0.2) is 32.3 Å². The highest BCUT2D eigenvalue weighted by molar-refractivity contribution is 14.0. The van der Waals surface area contributed by atoms with Gasteiger partial charge in [0, 0.05) is 26.3 Å². The first kappa shape index (κ1) is 18.0. The van der Waals surface area contributed by atoms with Crippen molar-refractivity contribution in [2.45, 2.75) is 40.0 Å². The van der Waals surface area contributed by atoms with Crippen LogP contribution in [0, 0.1) is 11.3 Å². The van der Waals surface area contributed by atoms with Gasteiger partial charge in [-0.15, -0.1) is 24.0 Å². The lowest BCUT2D eigenvalue weighted by molar-refractivity contribution is 0.129. The summed E-state index contributed by atoms with van der Waals surface area (Å²) < 4.78 is 5.40. The summed E-state index contributed by atoms with van der Waals surface area (Å²) in [7, 11) is 0. The van der Waals surface area contributed by atoms with Gasteiger partial charge in [-0.25, -0.2) is 0 Å². The van der Waals surface area contributed by atoms with E-state index < -0.39 is 0 Å². The zero-order valence-electron chi connectivity index (χ0n) is 11.9. The van der Waals surface area contributed by atoms with Gasteiger partial charge >= 0.3 is 0 Å². The highest BCUT2D eigenvalue weighted by Gasteiger charge is 2.41. The molecule has 0 heterocycles. The number of hydrogen-bond donors (Lipinski definition) is 2. The Hall–Kier alpha value is -0.0400. The van der Waals surface area contributed by atoms with Gasteiger partial charge in [-0.1, -0.05) is 13.8 Å². The van der Waals surface area contributed by atoms with Crippen LogP contribution in [0.2, 0.25) is 0 Å². The lowest BCUT2D eigenvalue weighted by Crippen LogP contribution is -2.35. The second kappa shape index (κ2) is 8.96. The number of nitrogens with one attached hydrogen (secondary N) is 1. The number of nitrogens with zero attached hydrogens (tertiary/aromatic N) is 1. The third kappa shape index (κ3) is 7.41. The van der Waals surface area contributed by atoms with Crippen LogP contribution in [-0.2, 0) is 4.74 Å². The molecule has 1 aliphatic rings. The molecule has 0 aromatic rings. The molecular weight excluding hydrogens is 341 g/mol. The number of halogens is 1. The Morgan fingerprint density at radius 1 is 1.44 bits per heavy atom. The van der Waals surface area contributed by atoms with Crippen LogP contribution in [0.5, 0.6) is 0 Å². The van der Waals surface area contributed by atoms with Crippen molar-refractivity contribution in [3.63, 3.8) is 0 Å². The molecule has 1 saturated carbocycles. The van der Waals surface area contributed by atoms with Crippen molar-refractivity contribution in [1.82, 2.24) is 5.32 Å². The molecule has 1 fully saturated rings. The molecule has 0 radical (unpaired) electrons. The maximum atomic E-state index is 5.82. The molecule has 18 heavy (non-hydrogen) atoms. The first-order valence-corrected chi connectivity index (χ1v) is 6.69. The highest BCUT2D eigenvalue weighted by atomic mass is 127. The Kier molecular flexibility index (Phi) is 8.94. The molecule has 0 saturated heterocycles. The van der Waals surface area contributed by atoms with Crippen LogP contribution in [0.3, 0.4) is 0 Å². The van der Waals surface area contributed by atoms with Gasteiger partial charge in [0.25, 0.3) is 0 Å². The zero-order valence-corrected chi connectivity index (χ0v) is 14.2. The fraction of sp³-hybridized carbons (Fsp3) is 0.923. The largest absolute Gasteiger partial charge is 0.382 e. The molecule has 1 rings (SSSR count). The van der Waals surface area contributed by atoms with E-state index >= 15 is 0 Å². The van der Waals surface area contributed by atoms with E-state index in [4.69, 9.17) is 10.5 Å². The lowest BCUT2D eigenvalue weighted by Gasteiger charge is -2.13. The smallest absolute Gasteiger partial charge is 0.188 e. The van der Waals surface area contributed by atoms with Crippen molar-refractivity contribution in [2.75, 3.05) is 26.3 Å². The number of guanidine groups is 1. The average molecular weight is 369 g/mol. The number of hydrogen-bond acceptors (Lipinski definition) is 2. The zero-order chi connectivity index (χ0) is 12.7. The second-order valence-electron chi connectivity index (χ2n) is 5.42. The van der Waals surface area contributed by atoms with Gasteiger partial charge in [-0.2, -0.15) is 0 Å². The molecule has 108 valence electrons. The van der Waals surface area contributed by atoms with E-state index in [1.165, 1.54) is 12.8 Å². The molecule has 0 aliphatic heterocycles. The van der Waals surface area contributed by atoms with Crippen LogP contribution in [0.1, 0.15) is 40.0 Å². The van der Waals surface area contributed by atoms with Gasteiger partial charge in [0.05, 0.1) is 0 Å². The van der Waals surface area contributed by atoms with E-state index in [-0.39, 0.29) is 24.0 Å². The van der Waals surface area contributed by atoms with Crippen molar-refractivity contribution in [2.24, 2.45) is 22.1 Å². The van der Waals surface area contributed by atoms with Crippen LogP contribution in [0.4, 0.5) is 0 Å². The van der Waals surface area contributed by atoms with Crippen LogP contribution in [0.15, 0.2) is 4.99 Å². The fourth-order valence-electron chi connectivity index (χ4n) is 1.71. The standard InChI is InChI=1S/C13H27N3O.HI/c1-4-17-8-7-13(5-6-13)10-16-12(14)15-9-11(2)3;/h11H,4-10H2,1-3H3,(H3,14,15,16);1H. The van der Waals surface area contributed by atoms with Crippen LogP contribution in [0.25, 0.3) is 0 Å². The summed E-state index contributed by atoms with van der Waals surface area (Å²) >= 11 is 0. The quantitative estimate of drug-likeness (QED) is 0.299. The summed E-state index contributed by atoms with van der Waals surface area (Å²) in [6, 6.07) is 0. The van der Waals surface area contributed by atoms with E-state index in [1.807, 2.05) is 6.92 Å². The highest BCUT2D eigenvalue weighted by Crippen LogP contribution is 2.48. The van der Waals surface area contributed by atoms with E-state index in [0.29, 0.717) is 17.3 Å².